The van der Waals surface area contributed by atoms with Gasteiger partial charge in [0.2, 0.25) is 0 Å². The van der Waals surface area contributed by atoms with Crippen molar-refractivity contribution in [2.75, 3.05) is 20.3 Å². The van der Waals surface area contributed by atoms with Gasteiger partial charge >= 0.3 is 11.9 Å². The number of benzene rings is 4. The van der Waals surface area contributed by atoms with Crippen molar-refractivity contribution in [3.63, 3.8) is 0 Å². The van der Waals surface area contributed by atoms with E-state index in [4.69, 9.17) is 14.2 Å². The lowest BCUT2D eigenvalue weighted by Crippen LogP contribution is -2.44. The van der Waals surface area contributed by atoms with Gasteiger partial charge in [0, 0.05) is 19.2 Å². The summed E-state index contributed by atoms with van der Waals surface area (Å²) >= 11 is 0. The Bertz CT molecular complexity index is 1430. The highest BCUT2D eigenvalue weighted by molar-refractivity contribution is 5.90. The molecule has 0 amide bonds. The number of hydrogen-bond acceptors (Lipinski definition) is 6. The van der Waals surface area contributed by atoms with E-state index in [0.29, 0.717) is 17.7 Å². The lowest BCUT2D eigenvalue weighted by Gasteiger charge is -2.46. The highest BCUT2D eigenvalue weighted by Gasteiger charge is 2.40. The third-order valence-corrected chi connectivity index (χ3v) is 7.87. The first-order valence-electron chi connectivity index (χ1n) is 14.5. The van der Waals surface area contributed by atoms with Crippen LogP contribution < -0.4 is 0 Å². The predicted molar refractivity (Wildman–Crippen MR) is 162 cm³/mol. The van der Waals surface area contributed by atoms with E-state index in [2.05, 4.69) is 17.0 Å². The standard InChI is InChI=1S/C36H37NO5/c1-3-41-31-23-24-37(32(25-31)26-19-21-30(22-20-26)35(38)40-2)33(27-13-7-4-8-14-27)34(28-15-9-5-10-16-28)42-36(39)29-17-11-6-12-18-29/h4-22,31-34H,3,23-25H2,1-2H3/t31-,32-,33?,34?/m0/s1. The highest BCUT2D eigenvalue weighted by Crippen LogP contribution is 2.45. The molecule has 0 saturated carbocycles. The third kappa shape index (κ3) is 6.78. The molecule has 2 unspecified atom stereocenters. The van der Waals surface area contributed by atoms with Gasteiger partial charge in [-0.15, -0.1) is 0 Å². The minimum Gasteiger partial charge on any atom is -0.465 e. The Morgan fingerprint density at radius 3 is 1.93 bits per heavy atom. The fraction of sp³-hybridized carbons (Fsp3) is 0.278. The first kappa shape index (κ1) is 29.2. The van der Waals surface area contributed by atoms with Gasteiger partial charge in [-0.1, -0.05) is 91.0 Å². The van der Waals surface area contributed by atoms with Crippen LogP contribution >= 0.6 is 0 Å². The van der Waals surface area contributed by atoms with Crippen molar-refractivity contribution in [3.05, 3.63) is 143 Å². The van der Waals surface area contributed by atoms with Gasteiger partial charge in [0.05, 0.1) is 30.4 Å². The molecule has 6 nitrogen and oxygen atoms in total. The van der Waals surface area contributed by atoms with Crippen molar-refractivity contribution in [2.45, 2.75) is 44.1 Å². The third-order valence-electron chi connectivity index (χ3n) is 7.87. The minimum absolute atomic E-state index is 0.0474. The summed E-state index contributed by atoms with van der Waals surface area (Å²) < 4.78 is 17.5. The molecule has 1 heterocycles. The summed E-state index contributed by atoms with van der Waals surface area (Å²) in [5.41, 5.74) is 4.05. The van der Waals surface area contributed by atoms with Gasteiger partial charge < -0.3 is 14.2 Å². The van der Waals surface area contributed by atoms with Crippen molar-refractivity contribution < 1.29 is 23.8 Å². The lowest BCUT2D eigenvalue weighted by molar-refractivity contribution is -0.0595. The topological polar surface area (TPSA) is 65.1 Å². The molecule has 1 saturated heterocycles. The molecule has 1 aliphatic rings. The van der Waals surface area contributed by atoms with Crippen molar-refractivity contribution in [3.8, 4) is 0 Å². The zero-order valence-corrected chi connectivity index (χ0v) is 24.1. The molecule has 0 bridgehead atoms. The van der Waals surface area contributed by atoms with Crippen molar-refractivity contribution >= 4 is 11.9 Å². The van der Waals surface area contributed by atoms with Crippen molar-refractivity contribution in [1.29, 1.82) is 0 Å². The van der Waals surface area contributed by atoms with Crippen LogP contribution in [-0.2, 0) is 14.2 Å². The Morgan fingerprint density at radius 1 is 0.762 bits per heavy atom. The Labute approximate surface area is 247 Å². The maximum absolute atomic E-state index is 13.6. The minimum atomic E-state index is -0.582. The smallest absolute Gasteiger partial charge is 0.338 e. The molecule has 5 rings (SSSR count). The van der Waals surface area contributed by atoms with Gasteiger partial charge in [-0.3, -0.25) is 4.90 Å². The van der Waals surface area contributed by atoms with Gasteiger partial charge in [0.15, 0.2) is 0 Å². The van der Waals surface area contributed by atoms with Crippen LogP contribution in [0.1, 0.15) is 75.4 Å². The summed E-state index contributed by atoms with van der Waals surface area (Å²) in [6.07, 6.45) is 1.13. The molecule has 1 aliphatic heterocycles. The van der Waals surface area contributed by atoms with Crippen molar-refractivity contribution in [2.24, 2.45) is 0 Å². The summed E-state index contributed by atoms with van der Waals surface area (Å²) in [4.78, 5) is 28.2. The van der Waals surface area contributed by atoms with E-state index in [0.717, 1.165) is 36.1 Å². The Morgan fingerprint density at radius 2 is 1.33 bits per heavy atom. The van der Waals surface area contributed by atoms with Crippen molar-refractivity contribution in [1.82, 2.24) is 4.90 Å². The number of piperidine rings is 1. The molecule has 4 atom stereocenters. The van der Waals surface area contributed by atoms with Gasteiger partial charge in [-0.05, 0) is 60.7 Å². The number of carbonyl (C=O) groups is 2. The van der Waals surface area contributed by atoms with Crippen LogP contribution in [0.2, 0.25) is 0 Å². The monoisotopic (exact) mass is 563 g/mol. The normalized spacial score (nSPS) is 18.5. The van der Waals surface area contributed by atoms with Crippen LogP contribution in [0.3, 0.4) is 0 Å². The summed E-state index contributed by atoms with van der Waals surface area (Å²) in [5.74, 6) is -0.734. The zero-order valence-electron chi connectivity index (χ0n) is 24.1. The number of esters is 2. The Balaban J connectivity index is 1.60. The number of likely N-dealkylation sites (tertiary alicyclic amines) is 1. The highest BCUT2D eigenvalue weighted by atomic mass is 16.5. The first-order valence-corrected chi connectivity index (χ1v) is 14.5. The second-order valence-electron chi connectivity index (χ2n) is 10.4. The molecular weight excluding hydrogens is 526 g/mol. The molecule has 42 heavy (non-hydrogen) atoms. The van der Waals surface area contributed by atoms with Gasteiger partial charge in [0.25, 0.3) is 0 Å². The maximum Gasteiger partial charge on any atom is 0.338 e. The molecular formula is C36H37NO5. The number of nitrogens with zero attached hydrogens (tertiary/aromatic N) is 1. The van der Waals surface area contributed by atoms with E-state index in [1.54, 1.807) is 12.1 Å². The number of hydrogen-bond donors (Lipinski definition) is 0. The van der Waals surface area contributed by atoms with Crippen LogP contribution in [-0.4, -0.2) is 43.2 Å². The van der Waals surface area contributed by atoms with Crippen LogP contribution in [0.15, 0.2) is 115 Å². The number of rotatable bonds is 10. The zero-order chi connectivity index (χ0) is 29.3. The Hall–Kier alpha value is -4.26. The van der Waals surface area contributed by atoms with Crippen LogP contribution in [0, 0.1) is 0 Å². The number of methoxy groups -OCH3 is 1. The second kappa shape index (κ2) is 14.1. The van der Waals surface area contributed by atoms with Crippen LogP contribution in [0.25, 0.3) is 0 Å². The lowest BCUT2D eigenvalue weighted by atomic mass is 9.86. The molecule has 6 heteroatoms. The molecule has 216 valence electrons. The van der Waals surface area contributed by atoms with Crippen LogP contribution in [0.4, 0.5) is 0 Å². The summed E-state index contributed by atoms with van der Waals surface area (Å²) in [5, 5.41) is 0. The molecule has 1 fully saturated rings. The summed E-state index contributed by atoms with van der Waals surface area (Å²) in [7, 11) is 1.39. The van der Waals surface area contributed by atoms with Gasteiger partial charge in [-0.25, -0.2) is 9.59 Å². The Kier molecular flexibility index (Phi) is 9.80. The summed E-state index contributed by atoms with van der Waals surface area (Å²) in [6.45, 7) is 3.40. The molecule has 4 aromatic carbocycles. The van der Waals surface area contributed by atoms with E-state index in [1.807, 2.05) is 97.9 Å². The largest absolute Gasteiger partial charge is 0.465 e. The van der Waals surface area contributed by atoms with Gasteiger partial charge in [0.1, 0.15) is 6.10 Å². The fourth-order valence-electron chi connectivity index (χ4n) is 5.86. The van der Waals surface area contributed by atoms with E-state index < -0.39 is 6.10 Å². The van der Waals surface area contributed by atoms with E-state index in [1.165, 1.54) is 7.11 Å². The predicted octanol–water partition coefficient (Wildman–Crippen LogP) is 7.35. The molecule has 4 aromatic rings. The summed E-state index contributed by atoms with van der Waals surface area (Å²) in [6, 6.07) is 36.6. The molecule has 0 aliphatic carbocycles. The fourth-order valence-corrected chi connectivity index (χ4v) is 5.86. The first-order chi connectivity index (χ1) is 20.6. The maximum atomic E-state index is 13.6. The molecule has 0 radical (unpaired) electrons. The second-order valence-corrected chi connectivity index (χ2v) is 10.4. The van der Waals surface area contributed by atoms with E-state index in [9.17, 15) is 9.59 Å². The molecule has 0 spiro atoms. The molecule has 0 N–H and O–H groups in total. The van der Waals surface area contributed by atoms with Crippen LogP contribution in [0.5, 0.6) is 0 Å². The molecule has 0 aromatic heterocycles. The van der Waals surface area contributed by atoms with E-state index in [-0.39, 0.29) is 30.1 Å². The number of carbonyl (C=O) groups excluding carboxylic acids is 2. The van der Waals surface area contributed by atoms with E-state index >= 15 is 0 Å². The average molecular weight is 564 g/mol. The SMILES string of the molecule is CCO[C@H]1CCN(C(c2ccccc2)C(OC(=O)c2ccccc2)c2ccccc2)[C@H](c2ccc(C(=O)OC)cc2)C1. The van der Waals surface area contributed by atoms with Gasteiger partial charge in [-0.2, -0.15) is 0 Å². The number of ether oxygens (including phenoxy) is 3. The average Bonchev–Trinajstić information content (AvgIpc) is 3.06. The quantitative estimate of drug-likeness (QED) is 0.188.